The van der Waals surface area contributed by atoms with Crippen LogP contribution in [0, 0.1) is 0 Å². The average molecular weight is 196 g/mol. The predicted octanol–water partition coefficient (Wildman–Crippen LogP) is 3.22. The van der Waals surface area contributed by atoms with Gasteiger partial charge in [0.15, 0.2) is 0 Å². The van der Waals surface area contributed by atoms with Crippen LogP contribution in [0.3, 0.4) is 0 Å². The van der Waals surface area contributed by atoms with Gasteiger partial charge in [-0.2, -0.15) is 0 Å². The molecule has 2 heteroatoms. The van der Waals surface area contributed by atoms with Gasteiger partial charge in [0.25, 0.3) is 0 Å². The van der Waals surface area contributed by atoms with Crippen LogP contribution in [0.25, 0.3) is 0 Å². The molecule has 0 amide bonds. The van der Waals surface area contributed by atoms with Crippen LogP contribution in [0.5, 0.6) is 0 Å². The standard InChI is InChI=1S/C12H20O2/c1-3-7-12(14-10(2)13)11-8-5-4-6-9-11/h8,12H,3-7,9H2,1-2H3. The molecule has 1 rings (SSSR count). The smallest absolute Gasteiger partial charge is 0.303 e. The van der Waals surface area contributed by atoms with Crippen molar-refractivity contribution in [1.29, 1.82) is 0 Å². The van der Waals surface area contributed by atoms with Crippen LogP contribution in [0.4, 0.5) is 0 Å². The van der Waals surface area contributed by atoms with Gasteiger partial charge < -0.3 is 4.74 Å². The molecule has 1 atom stereocenters. The van der Waals surface area contributed by atoms with Gasteiger partial charge in [0, 0.05) is 6.92 Å². The third-order valence-electron chi connectivity index (χ3n) is 2.60. The summed E-state index contributed by atoms with van der Waals surface area (Å²) in [6, 6.07) is 0. The Hall–Kier alpha value is -0.790. The summed E-state index contributed by atoms with van der Waals surface area (Å²) in [4.78, 5) is 10.9. The van der Waals surface area contributed by atoms with Gasteiger partial charge >= 0.3 is 5.97 Å². The average Bonchev–Trinajstić information content (AvgIpc) is 2.18. The van der Waals surface area contributed by atoms with Gasteiger partial charge in [-0.3, -0.25) is 4.79 Å². The van der Waals surface area contributed by atoms with Gasteiger partial charge in [0.05, 0.1) is 0 Å². The summed E-state index contributed by atoms with van der Waals surface area (Å²) in [7, 11) is 0. The molecular weight excluding hydrogens is 176 g/mol. The van der Waals surface area contributed by atoms with E-state index in [0.717, 1.165) is 25.7 Å². The molecule has 0 aliphatic heterocycles. The lowest BCUT2D eigenvalue weighted by atomic mass is 9.93. The number of carbonyl (C=O) groups is 1. The van der Waals surface area contributed by atoms with Crippen molar-refractivity contribution < 1.29 is 9.53 Å². The summed E-state index contributed by atoms with van der Waals surface area (Å²) in [6.45, 7) is 3.62. The molecule has 0 saturated carbocycles. The van der Waals surface area contributed by atoms with Gasteiger partial charge in [-0.05, 0) is 37.7 Å². The summed E-state index contributed by atoms with van der Waals surface area (Å²) in [5, 5.41) is 0. The van der Waals surface area contributed by atoms with Gasteiger partial charge in [0.1, 0.15) is 6.10 Å². The molecule has 1 unspecified atom stereocenters. The molecule has 0 aromatic heterocycles. The fraction of sp³-hybridized carbons (Fsp3) is 0.750. The number of carbonyl (C=O) groups excluding carboxylic acids is 1. The van der Waals surface area contributed by atoms with E-state index in [1.807, 2.05) is 0 Å². The third kappa shape index (κ3) is 3.52. The zero-order chi connectivity index (χ0) is 10.4. The Bertz CT molecular complexity index is 218. The first-order valence-electron chi connectivity index (χ1n) is 5.60. The van der Waals surface area contributed by atoms with Crippen LogP contribution in [0.1, 0.15) is 52.4 Å². The van der Waals surface area contributed by atoms with E-state index >= 15 is 0 Å². The van der Waals surface area contributed by atoms with E-state index in [2.05, 4.69) is 13.0 Å². The largest absolute Gasteiger partial charge is 0.458 e. The highest BCUT2D eigenvalue weighted by atomic mass is 16.5. The molecule has 1 aliphatic carbocycles. The number of hydrogen-bond donors (Lipinski definition) is 0. The Morgan fingerprint density at radius 1 is 1.57 bits per heavy atom. The lowest BCUT2D eigenvalue weighted by Crippen LogP contribution is -2.19. The molecule has 0 aromatic carbocycles. The fourth-order valence-electron chi connectivity index (χ4n) is 1.94. The molecule has 0 aromatic rings. The Morgan fingerprint density at radius 2 is 2.36 bits per heavy atom. The Morgan fingerprint density at radius 3 is 2.86 bits per heavy atom. The highest BCUT2D eigenvalue weighted by Crippen LogP contribution is 2.24. The Labute approximate surface area is 86.3 Å². The Kier molecular flexibility index (Phi) is 4.71. The van der Waals surface area contributed by atoms with E-state index in [-0.39, 0.29) is 12.1 Å². The second-order valence-electron chi connectivity index (χ2n) is 3.91. The predicted molar refractivity (Wildman–Crippen MR) is 57.0 cm³/mol. The quantitative estimate of drug-likeness (QED) is 0.509. The van der Waals surface area contributed by atoms with Crippen molar-refractivity contribution in [3.63, 3.8) is 0 Å². The van der Waals surface area contributed by atoms with E-state index in [9.17, 15) is 4.79 Å². The van der Waals surface area contributed by atoms with Crippen molar-refractivity contribution in [2.75, 3.05) is 0 Å². The highest BCUT2D eigenvalue weighted by Gasteiger charge is 2.17. The van der Waals surface area contributed by atoms with Crippen LogP contribution < -0.4 is 0 Å². The molecule has 0 bridgehead atoms. The van der Waals surface area contributed by atoms with Crippen molar-refractivity contribution in [3.05, 3.63) is 11.6 Å². The molecule has 0 radical (unpaired) electrons. The molecule has 14 heavy (non-hydrogen) atoms. The van der Waals surface area contributed by atoms with Crippen LogP contribution in [0.2, 0.25) is 0 Å². The number of rotatable bonds is 4. The first kappa shape index (κ1) is 11.3. The maximum atomic E-state index is 10.9. The lowest BCUT2D eigenvalue weighted by Gasteiger charge is -2.22. The normalized spacial score (nSPS) is 18.6. The van der Waals surface area contributed by atoms with E-state index in [1.54, 1.807) is 0 Å². The van der Waals surface area contributed by atoms with Crippen LogP contribution in [0.15, 0.2) is 11.6 Å². The molecule has 80 valence electrons. The molecule has 0 heterocycles. The van der Waals surface area contributed by atoms with Crippen molar-refractivity contribution in [1.82, 2.24) is 0 Å². The minimum atomic E-state index is -0.157. The molecule has 0 spiro atoms. The topological polar surface area (TPSA) is 26.3 Å². The van der Waals surface area contributed by atoms with Gasteiger partial charge in [-0.15, -0.1) is 0 Å². The van der Waals surface area contributed by atoms with Gasteiger partial charge in [-0.1, -0.05) is 19.4 Å². The van der Waals surface area contributed by atoms with Crippen molar-refractivity contribution in [2.24, 2.45) is 0 Å². The minimum absolute atomic E-state index is 0.0535. The first-order chi connectivity index (χ1) is 6.74. The van der Waals surface area contributed by atoms with Gasteiger partial charge in [-0.25, -0.2) is 0 Å². The van der Waals surface area contributed by atoms with Crippen molar-refractivity contribution in [3.8, 4) is 0 Å². The maximum Gasteiger partial charge on any atom is 0.303 e. The van der Waals surface area contributed by atoms with Crippen molar-refractivity contribution in [2.45, 2.75) is 58.5 Å². The lowest BCUT2D eigenvalue weighted by molar-refractivity contribution is -0.145. The monoisotopic (exact) mass is 196 g/mol. The fourth-order valence-corrected chi connectivity index (χ4v) is 1.94. The minimum Gasteiger partial charge on any atom is -0.458 e. The van der Waals surface area contributed by atoms with Gasteiger partial charge in [0.2, 0.25) is 0 Å². The number of ether oxygens (including phenoxy) is 1. The zero-order valence-electron chi connectivity index (χ0n) is 9.21. The van der Waals surface area contributed by atoms with Crippen LogP contribution >= 0.6 is 0 Å². The first-order valence-corrected chi connectivity index (χ1v) is 5.60. The summed E-state index contributed by atoms with van der Waals surface area (Å²) in [5.41, 5.74) is 1.34. The molecule has 0 saturated heterocycles. The molecule has 1 aliphatic rings. The van der Waals surface area contributed by atoms with Crippen LogP contribution in [-0.2, 0) is 9.53 Å². The van der Waals surface area contributed by atoms with Crippen LogP contribution in [-0.4, -0.2) is 12.1 Å². The second-order valence-corrected chi connectivity index (χ2v) is 3.91. The number of allylic oxidation sites excluding steroid dienone is 1. The highest BCUT2D eigenvalue weighted by molar-refractivity contribution is 5.66. The molecule has 0 N–H and O–H groups in total. The molecule has 0 fully saturated rings. The molecule has 2 nitrogen and oxygen atoms in total. The number of esters is 1. The van der Waals surface area contributed by atoms with E-state index < -0.39 is 0 Å². The summed E-state index contributed by atoms with van der Waals surface area (Å²) >= 11 is 0. The maximum absolute atomic E-state index is 10.9. The summed E-state index contributed by atoms with van der Waals surface area (Å²) < 4.78 is 5.32. The van der Waals surface area contributed by atoms with Crippen molar-refractivity contribution >= 4 is 5.97 Å². The third-order valence-corrected chi connectivity index (χ3v) is 2.60. The second kappa shape index (κ2) is 5.84. The molecular formula is C12H20O2. The number of hydrogen-bond acceptors (Lipinski definition) is 2. The Balaban J connectivity index is 2.55. The van der Waals surface area contributed by atoms with E-state index in [0.29, 0.717) is 0 Å². The summed E-state index contributed by atoms with van der Waals surface area (Å²) in [6.07, 6.45) is 9.12. The van der Waals surface area contributed by atoms with E-state index in [4.69, 9.17) is 4.74 Å². The summed E-state index contributed by atoms with van der Waals surface area (Å²) in [5.74, 6) is -0.157. The SMILES string of the molecule is CCCC(OC(C)=O)C1=CCCCC1. The zero-order valence-corrected chi connectivity index (χ0v) is 9.21. The van der Waals surface area contributed by atoms with E-state index in [1.165, 1.54) is 25.3 Å².